The number of likely N-dealkylation sites (tertiary alicyclic amines) is 1. The van der Waals surface area contributed by atoms with Gasteiger partial charge in [-0.3, -0.25) is 0 Å². The minimum Gasteiger partial charge on any atom is -0.496 e. The van der Waals surface area contributed by atoms with Crippen LogP contribution in [0.3, 0.4) is 0 Å². The minimum absolute atomic E-state index is 0.624. The van der Waals surface area contributed by atoms with Crippen molar-refractivity contribution in [2.75, 3.05) is 27.2 Å². The van der Waals surface area contributed by atoms with Crippen LogP contribution in [0.25, 0.3) is 0 Å². The van der Waals surface area contributed by atoms with E-state index in [2.05, 4.69) is 30.2 Å². The number of methoxy groups -OCH3 is 1. The molecule has 0 aromatic rings. The molecule has 0 bridgehead atoms. The third-order valence-corrected chi connectivity index (χ3v) is 3.80. The van der Waals surface area contributed by atoms with Gasteiger partial charge in [0.05, 0.1) is 7.11 Å². The molecule has 1 heterocycles. The maximum Gasteiger partial charge on any atom is 0.122 e. The van der Waals surface area contributed by atoms with Crippen molar-refractivity contribution in [2.45, 2.75) is 6.42 Å². The molecule has 0 saturated carbocycles. The fraction of sp³-hybridized carbons (Fsp3) is 0.538. The fourth-order valence-corrected chi connectivity index (χ4v) is 3.22. The van der Waals surface area contributed by atoms with Crippen LogP contribution in [-0.4, -0.2) is 32.1 Å². The van der Waals surface area contributed by atoms with Crippen LogP contribution in [0.4, 0.5) is 0 Å². The lowest BCUT2D eigenvalue weighted by Crippen LogP contribution is -2.16. The molecule has 3 rings (SSSR count). The number of likely N-dealkylation sites (N-methyl/N-ethyl adjacent to an activating group) is 1. The largest absolute Gasteiger partial charge is 0.496 e. The molecule has 3 aliphatic rings. The van der Waals surface area contributed by atoms with Gasteiger partial charge in [0.15, 0.2) is 0 Å². The third-order valence-electron chi connectivity index (χ3n) is 3.80. The van der Waals surface area contributed by atoms with E-state index in [1.807, 2.05) is 0 Å². The molecule has 2 unspecified atom stereocenters. The SMILES string of the molecule is COC1=CC=CC2CC3CN(C)CC3=C12. The van der Waals surface area contributed by atoms with E-state index in [9.17, 15) is 0 Å². The fourth-order valence-electron chi connectivity index (χ4n) is 3.22. The first kappa shape index (κ1) is 9.22. The van der Waals surface area contributed by atoms with E-state index < -0.39 is 0 Å². The summed E-state index contributed by atoms with van der Waals surface area (Å²) in [5, 5.41) is 0. The first-order valence-electron chi connectivity index (χ1n) is 5.64. The molecule has 1 saturated heterocycles. The van der Waals surface area contributed by atoms with Crippen molar-refractivity contribution < 1.29 is 4.74 Å². The van der Waals surface area contributed by atoms with Gasteiger partial charge in [-0.15, -0.1) is 0 Å². The van der Waals surface area contributed by atoms with Crippen LogP contribution in [0.1, 0.15) is 6.42 Å². The zero-order chi connectivity index (χ0) is 10.4. The van der Waals surface area contributed by atoms with Gasteiger partial charge in [-0.1, -0.05) is 12.2 Å². The van der Waals surface area contributed by atoms with Gasteiger partial charge in [0.25, 0.3) is 0 Å². The van der Waals surface area contributed by atoms with Gasteiger partial charge in [0.2, 0.25) is 0 Å². The Kier molecular flexibility index (Phi) is 1.99. The predicted octanol–water partition coefficient (Wildman–Crippen LogP) is 1.96. The van der Waals surface area contributed by atoms with Crippen molar-refractivity contribution in [3.8, 4) is 0 Å². The zero-order valence-corrected chi connectivity index (χ0v) is 9.36. The van der Waals surface area contributed by atoms with E-state index in [0.717, 1.165) is 18.2 Å². The molecular weight excluding hydrogens is 186 g/mol. The number of nitrogens with zero attached hydrogens (tertiary/aromatic N) is 1. The normalized spacial score (nSPS) is 34.1. The van der Waals surface area contributed by atoms with Gasteiger partial charge in [-0.05, 0) is 31.0 Å². The van der Waals surface area contributed by atoms with Crippen LogP contribution in [0.15, 0.2) is 35.1 Å². The van der Waals surface area contributed by atoms with Crippen molar-refractivity contribution in [1.82, 2.24) is 4.90 Å². The molecular formula is C13H17NO. The van der Waals surface area contributed by atoms with Crippen LogP contribution >= 0.6 is 0 Å². The lowest BCUT2D eigenvalue weighted by Gasteiger charge is -2.19. The average molecular weight is 203 g/mol. The van der Waals surface area contributed by atoms with Crippen LogP contribution in [-0.2, 0) is 4.74 Å². The van der Waals surface area contributed by atoms with Gasteiger partial charge >= 0.3 is 0 Å². The molecule has 0 radical (unpaired) electrons. The second-order valence-electron chi connectivity index (χ2n) is 4.79. The molecule has 0 N–H and O–H groups in total. The monoisotopic (exact) mass is 203 g/mol. The predicted molar refractivity (Wildman–Crippen MR) is 60.4 cm³/mol. The molecule has 1 aliphatic heterocycles. The lowest BCUT2D eigenvalue weighted by atomic mass is 9.94. The molecule has 80 valence electrons. The number of hydrogen-bond acceptors (Lipinski definition) is 2. The highest BCUT2D eigenvalue weighted by Crippen LogP contribution is 2.46. The Labute approximate surface area is 90.9 Å². The summed E-state index contributed by atoms with van der Waals surface area (Å²) in [4.78, 5) is 2.41. The zero-order valence-electron chi connectivity index (χ0n) is 9.36. The summed E-state index contributed by atoms with van der Waals surface area (Å²) in [6.07, 6.45) is 7.84. The van der Waals surface area contributed by atoms with Crippen LogP contribution < -0.4 is 0 Å². The highest BCUT2D eigenvalue weighted by atomic mass is 16.5. The Morgan fingerprint density at radius 3 is 3.13 bits per heavy atom. The molecule has 0 amide bonds. The molecule has 2 atom stereocenters. The summed E-state index contributed by atoms with van der Waals surface area (Å²) in [6, 6.07) is 0. The van der Waals surface area contributed by atoms with Gasteiger partial charge in [-0.2, -0.15) is 0 Å². The summed E-state index contributed by atoms with van der Waals surface area (Å²) < 4.78 is 5.48. The molecule has 2 nitrogen and oxygen atoms in total. The van der Waals surface area contributed by atoms with Gasteiger partial charge in [0, 0.05) is 24.6 Å². The van der Waals surface area contributed by atoms with Gasteiger partial charge in [-0.25, -0.2) is 0 Å². The Bertz CT molecular complexity index is 378. The first-order valence-corrected chi connectivity index (χ1v) is 5.64. The maximum absolute atomic E-state index is 5.48. The summed E-state index contributed by atoms with van der Waals surface area (Å²) in [5.41, 5.74) is 3.11. The summed E-state index contributed by atoms with van der Waals surface area (Å²) >= 11 is 0. The molecule has 0 aromatic heterocycles. The number of allylic oxidation sites excluding steroid dienone is 4. The summed E-state index contributed by atoms with van der Waals surface area (Å²) in [7, 11) is 3.98. The molecule has 0 spiro atoms. The van der Waals surface area contributed by atoms with E-state index >= 15 is 0 Å². The van der Waals surface area contributed by atoms with Crippen molar-refractivity contribution >= 4 is 0 Å². The number of rotatable bonds is 1. The van der Waals surface area contributed by atoms with Crippen LogP contribution in [0.5, 0.6) is 0 Å². The van der Waals surface area contributed by atoms with Crippen LogP contribution in [0, 0.1) is 11.8 Å². The second kappa shape index (κ2) is 3.24. The van der Waals surface area contributed by atoms with E-state index in [0.29, 0.717) is 5.92 Å². The Hall–Kier alpha value is -1.02. The quantitative estimate of drug-likeness (QED) is 0.646. The molecule has 2 aliphatic carbocycles. The topological polar surface area (TPSA) is 12.5 Å². The standard InChI is InChI=1S/C13H17NO/c1-14-7-10-6-9-4-3-5-12(15-2)13(9)11(10)8-14/h3-5,9-10H,6-8H2,1-2H3. The van der Waals surface area contributed by atoms with Crippen molar-refractivity contribution in [1.29, 1.82) is 0 Å². The molecule has 15 heavy (non-hydrogen) atoms. The number of fused-ring (bicyclic) bond motifs is 2. The smallest absolute Gasteiger partial charge is 0.122 e. The highest BCUT2D eigenvalue weighted by molar-refractivity contribution is 5.47. The first-order chi connectivity index (χ1) is 7.29. The van der Waals surface area contributed by atoms with Crippen LogP contribution in [0.2, 0.25) is 0 Å². The van der Waals surface area contributed by atoms with Crippen molar-refractivity contribution in [3.63, 3.8) is 0 Å². The van der Waals surface area contributed by atoms with Gasteiger partial charge < -0.3 is 9.64 Å². The van der Waals surface area contributed by atoms with E-state index in [4.69, 9.17) is 4.74 Å². The Morgan fingerprint density at radius 2 is 2.33 bits per heavy atom. The Morgan fingerprint density at radius 1 is 1.47 bits per heavy atom. The van der Waals surface area contributed by atoms with E-state index in [1.165, 1.54) is 18.5 Å². The van der Waals surface area contributed by atoms with E-state index in [1.54, 1.807) is 12.7 Å². The second-order valence-corrected chi connectivity index (χ2v) is 4.79. The molecule has 2 heteroatoms. The molecule has 0 aromatic carbocycles. The van der Waals surface area contributed by atoms with Gasteiger partial charge in [0.1, 0.15) is 5.76 Å². The third kappa shape index (κ3) is 1.28. The lowest BCUT2D eigenvalue weighted by molar-refractivity contribution is 0.292. The molecule has 1 fully saturated rings. The summed E-state index contributed by atoms with van der Waals surface area (Å²) in [5.74, 6) is 2.49. The van der Waals surface area contributed by atoms with Crippen molar-refractivity contribution in [3.05, 3.63) is 35.1 Å². The summed E-state index contributed by atoms with van der Waals surface area (Å²) in [6.45, 7) is 2.35. The number of ether oxygens (including phenoxy) is 1. The average Bonchev–Trinajstić information content (AvgIpc) is 2.72. The maximum atomic E-state index is 5.48. The van der Waals surface area contributed by atoms with E-state index in [-0.39, 0.29) is 0 Å². The minimum atomic E-state index is 0.624. The Balaban J connectivity index is 2.03. The number of hydrogen-bond donors (Lipinski definition) is 0. The highest BCUT2D eigenvalue weighted by Gasteiger charge is 2.39. The van der Waals surface area contributed by atoms with Crippen molar-refractivity contribution in [2.24, 2.45) is 11.8 Å².